The number of nitrogens with one attached hydrogen (secondary N) is 1. The third-order valence-electron chi connectivity index (χ3n) is 3.56. The van der Waals surface area contributed by atoms with Crippen LogP contribution in [0.2, 0.25) is 5.02 Å². The van der Waals surface area contributed by atoms with Crippen LogP contribution >= 0.6 is 22.9 Å². The standard InChI is InChI=1S/C19H14ClN3OS/c1-12-2-4-13(5-3-12)17-19(25-16(22-17)10-11-21)23-18(24)14-6-8-15(20)9-7-14/h2-9H,10H2,1H3,(H,23,24). The summed E-state index contributed by atoms with van der Waals surface area (Å²) in [6, 6.07) is 16.7. The van der Waals surface area contributed by atoms with Gasteiger partial charge in [0.05, 0.1) is 12.5 Å². The largest absolute Gasteiger partial charge is 0.312 e. The van der Waals surface area contributed by atoms with Gasteiger partial charge in [0.25, 0.3) is 5.91 Å². The Kier molecular flexibility index (Phi) is 5.13. The molecule has 1 aromatic heterocycles. The van der Waals surface area contributed by atoms with Gasteiger partial charge in [-0.3, -0.25) is 4.79 Å². The second-order valence-electron chi connectivity index (χ2n) is 5.45. The fourth-order valence-corrected chi connectivity index (χ4v) is 3.32. The van der Waals surface area contributed by atoms with Gasteiger partial charge in [0.2, 0.25) is 0 Å². The number of hydrogen-bond acceptors (Lipinski definition) is 4. The number of hydrogen-bond donors (Lipinski definition) is 1. The van der Waals surface area contributed by atoms with Gasteiger partial charge < -0.3 is 5.32 Å². The minimum Gasteiger partial charge on any atom is -0.312 e. The summed E-state index contributed by atoms with van der Waals surface area (Å²) < 4.78 is 0. The highest BCUT2D eigenvalue weighted by Crippen LogP contribution is 2.34. The molecule has 1 heterocycles. The highest BCUT2D eigenvalue weighted by atomic mass is 35.5. The Balaban J connectivity index is 1.94. The van der Waals surface area contributed by atoms with Crippen molar-refractivity contribution < 1.29 is 4.79 Å². The molecule has 0 fully saturated rings. The van der Waals surface area contributed by atoms with Crippen LogP contribution < -0.4 is 5.32 Å². The lowest BCUT2D eigenvalue weighted by Gasteiger charge is -2.06. The summed E-state index contributed by atoms with van der Waals surface area (Å²) >= 11 is 7.18. The molecular weight excluding hydrogens is 354 g/mol. The maximum Gasteiger partial charge on any atom is 0.256 e. The van der Waals surface area contributed by atoms with E-state index < -0.39 is 0 Å². The Morgan fingerprint density at radius 2 is 1.88 bits per heavy atom. The number of nitriles is 1. The summed E-state index contributed by atoms with van der Waals surface area (Å²) in [7, 11) is 0. The van der Waals surface area contributed by atoms with Crippen molar-refractivity contribution in [3.63, 3.8) is 0 Å². The van der Waals surface area contributed by atoms with Crippen molar-refractivity contribution in [3.8, 4) is 17.3 Å². The first-order valence-corrected chi connectivity index (χ1v) is 8.77. The van der Waals surface area contributed by atoms with Crippen LogP contribution in [0.3, 0.4) is 0 Å². The van der Waals surface area contributed by atoms with Gasteiger partial charge in [0, 0.05) is 16.1 Å². The maximum absolute atomic E-state index is 12.5. The van der Waals surface area contributed by atoms with Gasteiger partial charge >= 0.3 is 0 Å². The van der Waals surface area contributed by atoms with E-state index in [0.29, 0.717) is 26.3 Å². The Morgan fingerprint density at radius 1 is 1.20 bits per heavy atom. The molecule has 0 saturated heterocycles. The molecule has 0 bridgehead atoms. The van der Waals surface area contributed by atoms with Crippen molar-refractivity contribution in [1.82, 2.24) is 4.98 Å². The monoisotopic (exact) mass is 367 g/mol. The van der Waals surface area contributed by atoms with Gasteiger partial charge in [-0.15, -0.1) is 0 Å². The molecule has 3 rings (SSSR count). The Morgan fingerprint density at radius 3 is 2.52 bits per heavy atom. The van der Waals surface area contributed by atoms with Crippen molar-refractivity contribution in [2.45, 2.75) is 13.3 Å². The number of amides is 1. The summed E-state index contributed by atoms with van der Waals surface area (Å²) in [6.45, 7) is 2.01. The van der Waals surface area contributed by atoms with Gasteiger partial charge in [0.15, 0.2) is 0 Å². The van der Waals surface area contributed by atoms with Gasteiger partial charge in [-0.2, -0.15) is 5.26 Å². The summed E-state index contributed by atoms with van der Waals surface area (Å²) in [5, 5.41) is 13.7. The fraction of sp³-hybridized carbons (Fsp3) is 0.105. The topological polar surface area (TPSA) is 65.8 Å². The van der Waals surface area contributed by atoms with Crippen LogP contribution in [0.5, 0.6) is 0 Å². The first kappa shape index (κ1) is 17.2. The average molecular weight is 368 g/mol. The molecular formula is C19H14ClN3OS. The Labute approximate surface area is 154 Å². The number of halogens is 1. The van der Waals surface area contributed by atoms with E-state index in [-0.39, 0.29) is 12.3 Å². The maximum atomic E-state index is 12.5. The van der Waals surface area contributed by atoms with Gasteiger partial charge in [-0.05, 0) is 31.2 Å². The van der Waals surface area contributed by atoms with Crippen molar-refractivity contribution in [2.24, 2.45) is 0 Å². The minimum atomic E-state index is -0.239. The quantitative estimate of drug-likeness (QED) is 0.698. The molecule has 0 aliphatic carbocycles. The van der Waals surface area contributed by atoms with E-state index in [1.165, 1.54) is 11.3 Å². The van der Waals surface area contributed by atoms with Crippen LogP contribution in [0.25, 0.3) is 11.3 Å². The molecule has 2 aromatic carbocycles. The van der Waals surface area contributed by atoms with Crippen molar-refractivity contribution in [1.29, 1.82) is 5.26 Å². The molecule has 1 N–H and O–H groups in total. The fourth-order valence-electron chi connectivity index (χ4n) is 2.28. The van der Waals surface area contributed by atoms with E-state index in [2.05, 4.69) is 16.4 Å². The summed E-state index contributed by atoms with van der Waals surface area (Å²) in [4.78, 5) is 17.0. The Hall–Kier alpha value is -2.68. The number of thiazole rings is 1. The molecule has 0 spiro atoms. The zero-order valence-corrected chi connectivity index (χ0v) is 15.0. The number of benzene rings is 2. The van der Waals surface area contributed by atoms with Crippen molar-refractivity contribution >= 4 is 33.8 Å². The molecule has 0 atom stereocenters. The zero-order valence-electron chi connectivity index (χ0n) is 13.4. The van der Waals surface area contributed by atoms with E-state index in [1.54, 1.807) is 24.3 Å². The first-order chi connectivity index (χ1) is 12.1. The van der Waals surface area contributed by atoms with Gasteiger partial charge in [-0.25, -0.2) is 4.98 Å². The normalized spacial score (nSPS) is 10.3. The number of aryl methyl sites for hydroxylation is 1. The number of carbonyl (C=O) groups is 1. The average Bonchev–Trinajstić information content (AvgIpc) is 2.99. The number of carbonyl (C=O) groups excluding carboxylic acids is 1. The van der Waals surface area contributed by atoms with E-state index in [1.807, 2.05) is 31.2 Å². The molecule has 0 aliphatic rings. The second kappa shape index (κ2) is 7.47. The molecule has 4 nitrogen and oxygen atoms in total. The van der Waals surface area contributed by atoms with Crippen molar-refractivity contribution in [2.75, 3.05) is 5.32 Å². The molecule has 0 radical (unpaired) electrons. The summed E-state index contributed by atoms with van der Waals surface area (Å²) in [6.07, 6.45) is 0.209. The van der Waals surface area contributed by atoms with E-state index in [4.69, 9.17) is 16.9 Å². The lowest BCUT2D eigenvalue weighted by atomic mass is 10.1. The third kappa shape index (κ3) is 4.05. The van der Waals surface area contributed by atoms with E-state index >= 15 is 0 Å². The number of aromatic nitrogens is 1. The van der Waals surface area contributed by atoms with Crippen LogP contribution in [0.4, 0.5) is 5.00 Å². The predicted octanol–water partition coefficient (Wildman–Crippen LogP) is 5.09. The number of rotatable bonds is 4. The molecule has 6 heteroatoms. The lowest BCUT2D eigenvalue weighted by Crippen LogP contribution is -2.11. The van der Waals surface area contributed by atoms with Crippen LogP contribution in [-0.2, 0) is 6.42 Å². The van der Waals surface area contributed by atoms with E-state index in [9.17, 15) is 4.79 Å². The molecule has 3 aromatic rings. The first-order valence-electron chi connectivity index (χ1n) is 7.57. The minimum absolute atomic E-state index is 0.209. The Bertz CT molecular complexity index is 940. The lowest BCUT2D eigenvalue weighted by molar-refractivity contribution is 0.102. The predicted molar refractivity (Wildman–Crippen MR) is 101 cm³/mol. The van der Waals surface area contributed by atoms with Crippen LogP contribution in [0.1, 0.15) is 20.9 Å². The smallest absolute Gasteiger partial charge is 0.256 e. The molecule has 25 heavy (non-hydrogen) atoms. The van der Waals surface area contributed by atoms with Crippen LogP contribution in [0.15, 0.2) is 48.5 Å². The van der Waals surface area contributed by atoms with Gasteiger partial charge in [-0.1, -0.05) is 52.8 Å². The van der Waals surface area contributed by atoms with Crippen LogP contribution in [0, 0.1) is 18.3 Å². The molecule has 0 unspecified atom stereocenters. The molecule has 1 amide bonds. The van der Waals surface area contributed by atoms with E-state index in [0.717, 1.165) is 11.1 Å². The zero-order chi connectivity index (χ0) is 17.8. The molecule has 124 valence electrons. The number of anilines is 1. The molecule has 0 saturated carbocycles. The van der Waals surface area contributed by atoms with Crippen molar-refractivity contribution in [3.05, 3.63) is 69.7 Å². The SMILES string of the molecule is Cc1ccc(-c2nc(CC#N)sc2NC(=O)c2ccc(Cl)cc2)cc1. The third-order valence-corrected chi connectivity index (χ3v) is 4.78. The summed E-state index contributed by atoms with van der Waals surface area (Å²) in [5.41, 5.74) is 3.23. The van der Waals surface area contributed by atoms with Gasteiger partial charge in [0.1, 0.15) is 15.7 Å². The number of nitrogens with zero attached hydrogens (tertiary/aromatic N) is 2. The summed E-state index contributed by atoms with van der Waals surface area (Å²) in [5.74, 6) is -0.239. The van der Waals surface area contributed by atoms with Crippen LogP contribution in [-0.4, -0.2) is 10.9 Å². The second-order valence-corrected chi connectivity index (χ2v) is 6.97. The highest BCUT2D eigenvalue weighted by Gasteiger charge is 2.16. The highest BCUT2D eigenvalue weighted by molar-refractivity contribution is 7.16. The molecule has 0 aliphatic heterocycles.